The molecule has 0 fully saturated rings. The maximum absolute atomic E-state index is 12.3. The molecule has 0 bridgehead atoms. The molecular weight excluding hydrogens is 336 g/mol. The number of hydrogen-bond acceptors (Lipinski definition) is 5. The average molecular weight is 358 g/mol. The third-order valence-electron chi connectivity index (χ3n) is 4.17. The monoisotopic (exact) mass is 358 g/mol. The topological polar surface area (TPSA) is 70.4 Å². The number of anilines is 1. The Morgan fingerprint density at radius 3 is 2.88 bits per heavy atom. The summed E-state index contributed by atoms with van der Waals surface area (Å²) in [6, 6.07) is 9.31. The van der Waals surface area contributed by atoms with Gasteiger partial charge in [-0.1, -0.05) is 13.8 Å². The summed E-state index contributed by atoms with van der Waals surface area (Å²) in [6.45, 7) is 6.43. The third kappa shape index (κ3) is 4.18. The highest BCUT2D eigenvalue weighted by atomic mass is 32.1. The predicted octanol–water partition coefficient (Wildman–Crippen LogP) is 4.09. The lowest BCUT2D eigenvalue weighted by molar-refractivity contribution is 0.188. The third-order valence-corrected chi connectivity index (χ3v) is 4.98. The highest BCUT2D eigenvalue weighted by Crippen LogP contribution is 2.22. The maximum Gasteiger partial charge on any atom is 0.319 e. The first kappa shape index (κ1) is 17.4. The molecule has 25 heavy (non-hydrogen) atoms. The Hall–Kier alpha value is -2.38. The van der Waals surface area contributed by atoms with Crippen molar-refractivity contribution < 1.29 is 9.21 Å². The Bertz CT molecular complexity index is 811. The number of nitrogens with zero attached hydrogens (tertiary/aromatic N) is 2. The minimum absolute atomic E-state index is 0.0109. The molecule has 0 saturated heterocycles. The van der Waals surface area contributed by atoms with Gasteiger partial charge in [0, 0.05) is 12.2 Å². The van der Waals surface area contributed by atoms with Crippen molar-refractivity contribution in [1.29, 1.82) is 0 Å². The van der Waals surface area contributed by atoms with Gasteiger partial charge in [0.2, 0.25) is 0 Å². The molecule has 0 radical (unpaired) electrons. The maximum atomic E-state index is 12.3. The lowest BCUT2D eigenvalue weighted by atomic mass is 10.2. The Morgan fingerprint density at radius 2 is 2.16 bits per heavy atom. The minimum atomic E-state index is -0.238. The lowest BCUT2D eigenvalue weighted by Crippen LogP contribution is -2.39. The molecule has 7 heteroatoms. The SMILES string of the molecule is CCN(CC)[C@@H](CNC(=O)Nc1ccc2scnc2c1)c1ccco1. The van der Waals surface area contributed by atoms with Crippen molar-refractivity contribution in [3.8, 4) is 0 Å². The number of aromatic nitrogens is 1. The van der Waals surface area contributed by atoms with Gasteiger partial charge in [0.1, 0.15) is 5.76 Å². The van der Waals surface area contributed by atoms with Crippen molar-refractivity contribution in [3.05, 3.63) is 47.9 Å². The molecule has 1 atom stereocenters. The number of likely N-dealkylation sites (N-methyl/N-ethyl adjacent to an activating group) is 1. The number of carbonyl (C=O) groups is 1. The second kappa shape index (κ2) is 8.13. The van der Waals surface area contributed by atoms with Gasteiger partial charge in [0.05, 0.1) is 28.0 Å². The van der Waals surface area contributed by atoms with Crippen LogP contribution in [0.4, 0.5) is 10.5 Å². The summed E-state index contributed by atoms with van der Waals surface area (Å²) < 4.78 is 6.65. The highest BCUT2D eigenvalue weighted by Gasteiger charge is 2.21. The van der Waals surface area contributed by atoms with Crippen LogP contribution in [0, 0.1) is 0 Å². The Kier molecular flexibility index (Phi) is 5.67. The van der Waals surface area contributed by atoms with Crippen molar-refractivity contribution in [2.24, 2.45) is 0 Å². The van der Waals surface area contributed by atoms with Gasteiger partial charge in [-0.3, -0.25) is 4.90 Å². The second-order valence-electron chi connectivity index (χ2n) is 5.62. The van der Waals surface area contributed by atoms with Crippen LogP contribution >= 0.6 is 11.3 Å². The largest absolute Gasteiger partial charge is 0.468 e. The van der Waals surface area contributed by atoms with Crippen molar-refractivity contribution in [2.45, 2.75) is 19.9 Å². The number of thiazole rings is 1. The van der Waals surface area contributed by atoms with Crippen molar-refractivity contribution in [1.82, 2.24) is 15.2 Å². The molecular formula is C18H22N4O2S. The number of fused-ring (bicyclic) bond motifs is 1. The van der Waals surface area contributed by atoms with Crippen LogP contribution in [0.2, 0.25) is 0 Å². The molecule has 2 N–H and O–H groups in total. The first-order valence-corrected chi connectivity index (χ1v) is 9.24. The van der Waals surface area contributed by atoms with Gasteiger partial charge in [-0.15, -0.1) is 11.3 Å². The molecule has 3 aromatic rings. The number of urea groups is 1. The molecule has 2 heterocycles. The highest BCUT2D eigenvalue weighted by molar-refractivity contribution is 7.16. The zero-order chi connectivity index (χ0) is 17.6. The van der Waals surface area contributed by atoms with E-state index in [9.17, 15) is 4.79 Å². The fraction of sp³-hybridized carbons (Fsp3) is 0.333. The molecule has 132 valence electrons. The first-order chi connectivity index (χ1) is 12.2. The van der Waals surface area contributed by atoms with E-state index in [0.717, 1.165) is 34.8 Å². The van der Waals surface area contributed by atoms with Crippen LogP contribution in [0.1, 0.15) is 25.6 Å². The summed E-state index contributed by atoms with van der Waals surface area (Å²) in [5.74, 6) is 0.855. The average Bonchev–Trinajstić information content (AvgIpc) is 3.29. The van der Waals surface area contributed by atoms with E-state index >= 15 is 0 Å². The summed E-state index contributed by atoms with van der Waals surface area (Å²) in [7, 11) is 0. The van der Waals surface area contributed by atoms with E-state index in [1.807, 2.05) is 30.3 Å². The van der Waals surface area contributed by atoms with Crippen LogP contribution in [0.3, 0.4) is 0 Å². The molecule has 1 aromatic carbocycles. The Morgan fingerprint density at radius 1 is 1.32 bits per heavy atom. The zero-order valence-corrected chi connectivity index (χ0v) is 15.2. The van der Waals surface area contributed by atoms with E-state index in [1.165, 1.54) is 0 Å². The van der Waals surface area contributed by atoms with Crippen LogP contribution in [-0.4, -0.2) is 35.5 Å². The Balaban J connectivity index is 1.62. The second-order valence-corrected chi connectivity index (χ2v) is 6.51. The summed E-state index contributed by atoms with van der Waals surface area (Å²) >= 11 is 1.58. The summed E-state index contributed by atoms with van der Waals surface area (Å²) in [5.41, 5.74) is 3.42. The fourth-order valence-corrected chi connectivity index (χ4v) is 3.51. The number of rotatable bonds is 7. The summed E-state index contributed by atoms with van der Waals surface area (Å²) in [6.07, 6.45) is 1.66. The van der Waals surface area contributed by atoms with Gasteiger partial charge in [0.25, 0.3) is 0 Å². The number of amides is 2. The van der Waals surface area contributed by atoms with Crippen molar-refractivity contribution in [3.63, 3.8) is 0 Å². The molecule has 0 aliphatic carbocycles. The number of nitrogens with one attached hydrogen (secondary N) is 2. The van der Waals surface area contributed by atoms with Crippen molar-refractivity contribution in [2.75, 3.05) is 25.0 Å². The van der Waals surface area contributed by atoms with Gasteiger partial charge in [-0.05, 0) is 43.4 Å². The van der Waals surface area contributed by atoms with E-state index in [1.54, 1.807) is 23.1 Å². The number of carbonyl (C=O) groups excluding carboxylic acids is 1. The predicted molar refractivity (Wildman–Crippen MR) is 101 cm³/mol. The smallest absolute Gasteiger partial charge is 0.319 e. The van der Waals surface area contributed by atoms with Crippen LogP contribution < -0.4 is 10.6 Å². The standard InChI is InChI=1S/C18H22N4O2S/c1-3-22(4-2)15(16-6-5-9-24-16)11-19-18(23)21-13-7-8-17-14(10-13)20-12-25-17/h5-10,12,15H,3-4,11H2,1-2H3,(H2,19,21,23)/t15-/m0/s1. The summed E-state index contributed by atoms with van der Waals surface area (Å²) in [4.78, 5) is 18.8. The molecule has 0 unspecified atom stereocenters. The Labute approximate surface area is 150 Å². The van der Waals surface area contributed by atoms with E-state index in [4.69, 9.17) is 4.42 Å². The van der Waals surface area contributed by atoms with Crippen LogP contribution in [0.25, 0.3) is 10.2 Å². The minimum Gasteiger partial charge on any atom is -0.468 e. The molecule has 0 aliphatic heterocycles. The van der Waals surface area contributed by atoms with Gasteiger partial charge in [-0.2, -0.15) is 0 Å². The van der Waals surface area contributed by atoms with Gasteiger partial charge in [-0.25, -0.2) is 9.78 Å². The zero-order valence-electron chi connectivity index (χ0n) is 14.4. The number of furan rings is 1. The van der Waals surface area contributed by atoms with E-state index in [2.05, 4.69) is 34.4 Å². The van der Waals surface area contributed by atoms with E-state index in [-0.39, 0.29) is 12.1 Å². The van der Waals surface area contributed by atoms with Gasteiger partial charge in [0.15, 0.2) is 0 Å². The molecule has 2 amide bonds. The number of benzene rings is 1. The normalized spacial score (nSPS) is 12.4. The van der Waals surface area contributed by atoms with E-state index in [0.29, 0.717) is 6.54 Å². The fourth-order valence-electron chi connectivity index (χ4n) is 2.86. The van der Waals surface area contributed by atoms with Gasteiger partial charge >= 0.3 is 6.03 Å². The molecule has 2 aromatic heterocycles. The quantitative estimate of drug-likeness (QED) is 0.667. The van der Waals surface area contributed by atoms with E-state index < -0.39 is 0 Å². The van der Waals surface area contributed by atoms with Crippen LogP contribution in [-0.2, 0) is 0 Å². The lowest BCUT2D eigenvalue weighted by Gasteiger charge is -2.28. The van der Waals surface area contributed by atoms with Crippen LogP contribution in [0.5, 0.6) is 0 Å². The molecule has 0 aliphatic rings. The first-order valence-electron chi connectivity index (χ1n) is 8.36. The molecule has 0 spiro atoms. The van der Waals surface area contributed by atoms with Gasteiger partial charge < -0.3 is 15.1 Å². The molecule has 3 rings (SSSR count). The molecule has 0 saturated carbocycles. The number of hydrogen-bond donors (Lipinski definition) is 2. The molecule has 6 nitrogen and oxygen atoms in total. The van der Waals surface area contributed by atoms with Crippen molar-refractivity contribution >= 4 is 33.3 Å². The summed E-state index contributed by atoms with van der Waals surface area (Å²) in [5, 5.41) is 5.81. The van der Waals surface area contributed by atoms with Crippen LogP contribution in [0.15, 0.2) is 46.5 Å².